The Kier molecular flexibility index (Phi) is 4.58. The second-order valence-electron chi connectivity index (χ2n) is 5.89. The average Bonchev–Trinajstić information content (AvgIpc) is 3.18. The molecule has 1 saturated carbocycles. The molecule has 0 aliphatic heterocycles. The molecule has 1 aromatic heterocycles. The highest BCUT2D eigenvalue weighted by Gasteiger charge is 2.33. The second kappa shape index (κ2) is 6.64. The van der Waals surface area contributed by atoms with Crippen molar-refractivity contribution in [3.05, 3.63) is 29.3 Å². The summed E-state index contributed by atoms with van der Waals surface area (Å²) in [6.45, 7) is 0.488. The molecule has 1 aliphatic rings. The van der Waals surface area contributed by atoms with E-state index >= 15 is 0 Å². The van der Waals surface area contributed by atoms with Crippen molar-refractivity contribution >= 4 is 17.5 Å². The molecular formula is C15H19ClN6O. The van der Waals surface area contributed by atoms with Crippen LogP contribution in [0.25, 0.3) is 11.4 Å². The van der Waals surface area contributed by atoms with Crippen molar-refractivity contribution in [1.82, 2.24) is 25.5 Å². The monoisotopic (exact) mass is 334 g/mol. The first-order chi connectivity index (χ1) is 11.1. The highest BCUT2D eigenvalue weighted by atomic mass is 35.5. The van der Waals surface area contributed by atoms with Crippen molar-refractivity contribution in [3.63, 3.8) is 0 Å². The second-order valence-corrected chi connectivity index (χ2v) is 6.33. The van der Waals surface area contributed by atoms with E-state index < -0.39 is 0 Å². The molecule has 1 heterocycles. The van der Waals surface area contributed by atoms with Crippen LogP contribution in [-0.4, -0.2) is 38.2 Å². The number of benzene rings is 1. The number of nitrogens with one attached hydrogen (secondary N) is 1. The van der Waals surface area contributed by atoms with Crippen LogP contribution in [0.3, 0.4) is 0 Å². The van der Waals surface area contributed by atoms with Crippen molar-refractivity contribution in [2.24, 2.45) is 5.73 Å². The van der Waals surface area contributed by atoms with E-state index in [-0.39, 0.29) is 18.0 Å². The summed E-state index contributed by atoms with van der Waals surface area (Å²) in [5.74, 6) is 0.321. The van der Waals surface area contributed by atoms with Crippen molar-refractivity contribution in [1.29, 1.82) is 0 Å². The standard InChI is InChI=1S/C15H19ClN6O/c16-12-5-3-11(4-6-12)14-19-21-22(20-14)9-13(23)18-15(10-17)7-1-2-8-15/h3-6H,1-2,7-10,17H2,(H,18,23). The van der Waals surface area contributed by atoms with Gasteiger partial charge in [-0.15, -0.1) is 10.2 Å². The molecule has 2 aromatic rings. The Balaban J connectivity index is 1.64. The lowest BCUT2D eigenvalue weighted by atomic mass is 9.98. The fourth-order valence-electron chi connectivity index (χ4n) is 2.92. The molecule has 1 aromatic carbocycles. The van der Waals surface area contributed by atoms with Crippen molar-refractivity contribution < 1.29 is 4.79 Å². The Morgan fingerprint density at radius 1 is 1.30 bits per heavy atom. The zero-order valence-electron chi connectivity index (χ0n) is 12.7. The molecule has 3 rings (SSSR count). The number of hydrogen-bond acceptors (Lipinski definition) is 5. The maximum Gasteiger partial charge on any atom is 0.244 e. The minimum Gasteiger partial charge on any atom is -0.348 e. The van der Waals surface area contributed by atoms with E-state index in [1.807, 2.05) is 12.1 Å². The summed E-state index contributed by atoms with van der Waals surface area (Å²) < 4.78 is 0. The van der Waals surface area contributed by atoms with Crippen LogP contribution in [0.5, 0.6) is 0 Å². The number of nitrogens with zero attached hydrogens (tertiary/aromatic N) is 4. The molecule has 0 spiro atoms. The number of aromatic nitrogens is 4. The van der Waals surface area contributed by atoms with Gasteiger partial charge in [0.15, 0.2) is 0 Å². The van der Waals surface area contributed by atoms with Crippen LogP contribution < -0.4 is 11.1 Å². The predicted molar refractivity (Wildman–Crippen MR) is 86.7 cm³/mol. The Hall–Kier alpha value is -1.99. The molecule has 3 N–H and O–H groups in total. The lowest BCUT2D eigenvalue weighted by Gasteiger charge is -2.28. The first-order valence-electron chi connectivity index (χ1n) is 7.65. The van der Waals surface area contributed by atoms with Crippen LogP contribution >= 0.6 is 11.6 Å². The van der Waals surface area contributed by atoms with Crippen molar-refractivity contribution in [3.8, 4) is 11.4 Å². The molecular weight excluding hydrogens is 316 g/mol. The van der Waals surface area contributed by atoms with E-state index in [1.54, 1.807) is 12.1 Å². The number of rotatable bonds is 5. The van der Waals surface area contributed by atoms with Gasteiger partial charge in [0, 0.05) is 17.1 Å². The summed E-state index contributed by atoms with van der Waals surface area (Å²) in [7, 11) is 0. The van der Waals surface area contributed by atoms with Crippen molar-refractivity contribution in [2.45, 2.75) is 37.8 Å². The molecule has 7 nitrogen and oxygen atoms in total. The number of amides is 1. The summed E-state index contributed by atoms with van der Waals surface area (Å²) in [5.41, 5.74) is 6.36. The smallest absolute Gasteiger partial charge is 0.244 e. The van der Waals surface area contributed by atoms with E-state index in [1.165, 1.54) is 4.80 Å². The van der Waals surface area contributed by atoms with E-state index in [2.05, 4.69) is 20.7 Å². The molecule has 0 saturated heterocycles. The van der Waals surface area contributed by atoms with Gasteiger partial charge in [-0.1, -0.05) is 24.4 Å². The molecule has 1 fully saturated rings. The SMILES string of the molecule is NCC1(NC(=O)Cn2nnc(-c3ccc(Cl)cc3)n2)CCCC1. The van der Waals surface area contributed by atoms with Gasteiger partial charge in [-0.25, -0.2) is 0 Å². The Bertz CT molecular complexity index is 678. The van der Waals surface area contributed by atoms with Gasteiger partial charge in [-0.05, 0) is 42.3 Å². The molecule has 1 aliphatic carbocycles. The normalized spacial score (nSPS) is 16.4. The first kappa shape index (κ1) is 15.9. The zero-order valence-corrected chi connectivity index (χ0v) is 13.5. The van der Waals surface area contributed by atoms with Gasteiger partial charge in [0.2, 0.25) is 11.7 Å². The lowest BCUT2D eigenvalue weighted by molar-refractivity contribution is -0.123. The lowest BCUT2D eigenvalue weighted by Crippen LogP contribution is -2.52. The number of carbonyl (C=O) groups excluding carboxylic acids is 1. The number of hydrogen-bond donors (Lipinski definition) is 2. The van der Waals surface area contributed by atoms with Gasteiger partial charge < -0.3 is 11.1 Å². The van der Waals surface area contributed by atoms with Gasteiger partial charge in [0.05, 0.1) is 5.54 Å². The van der Waals surface area contributed by atoms with Gasteiger partial charge in [0.1, 0.15) is 6.54 Å². The van der Waals surface area contributed by atoms with E-state index in [0.717, 1.165) is 31.2 Å². The third-order valence-electron chi connectivity index (χ3n) is 4.20. The Labute approximate surface area is 139 Å². The molecule has 0 radical (unpaired) electrons. The topological polar surface area (TPSA) is 98.7 Å². The highest BCUT2D eigenvalue weighted by molar-refractivity contribution is 6.30. The van der Waals surface area contributed by atoms with E-state index in [4.69, 9.17) is 17.3 Å². The highest BCUT2D eigenvalue weighted by Crippen LogP contribution is 2.28. The van der Waals surface area contributed by atoms with Gasteiger partial charge >= 0.3 is 0 Å². The summed E-state index contributed by atoms with van der Waals surface area (Å²) in [6, 6.07) is 7.14. The van der Waals surface area contributed by atoms with Crippen molar-refractivity contribution in [2.75, 3.05) is 6.54 Å². The maximum absolute atomic E-state index is 12.2. The van der Waals surface area contributed by atoms with E-state index in [9.17, 15) is 4.79 Å². The zero-order chi connectivity index (χ0) is 16.3. The third kappa shape index (κ3) is 3.68. The summed E-state index contributed by atoms with van der Waals surface area (Å²) in [5, 5.41) is 15.8. The Morgan fingerprint density at radius 2 is 2.00 bits per heavy atom. The van der Waals surface area contributed by atoms with Crippen LogP contribution in [0, 0.1) is 0 Å². The number of halogens is 1. The quantitative estimate of drug-likeness (QED) is 0.860. The predicted octanol–water partition coefficient (Wildman–Crippen LogP) is 1.38. The maximum atomic E-state index is 12.2. The molecule has 0 unspecified atom stereocenters. The Morgan fingerprint density at radius 3 is 2.65 bits per heavy atom. The first-order valence-corrected chi connectivity index (χ1v) is 8.03. The van der Waals surface area contributed by atoms with E-state index in [0.29, 0.717) is 17.4 Å². The van der Waals surface area contributed by atoms with Crippen LogP contribution in [0.4, 0.5) is 0 Å². The van der Waals surface area contributed by atoms with Crippen LogP contribution in [0.1, 0.15) is 25.7 Å². The van der Waals surface area contributed by atoms with Gasteiger partial charge in [0.25, 0.3) is 0 Å². The summed E-state index contributed by atoms with van der Waals surface area (Å²) >= 11 is 5.86. The molecule has 1 amide bonds. The number of tetrazole rings is 1. The van der Waals surface area contributed by atoms with Crippen LogP contribution in [0.15, 0.2) is 24.3 Å². The minimum atomic E-state index is -0.267. The van der Waals surface area contributed by atoms with Crippen LogP contribution in [0.2, 0.25) is 5.02 Å². The number of nitrogens with two attached hydrogens (primary N) is 1. The molecule has 8 heteroatoms. The summed E-state index contributed by atoms with van der Waals surface area (Å²) in [4.78, 5) is 13.5. The average molecular weight is 335 g/mol. The third-order valence-corrected chi connectivity index (χ3v) is 4.45. The fraction of sp³-hybridized carbons (Fsp3) is 0.467. The molecule has 0 bridgehead atoms. The largest absolute Gasteiger partial charge is 0.348 e. The molecule has 122 valence electrons. The minimum absolute atomic E-state index is 0.0301. The van der Waals surface area contributed by atoms with Crippen LogP contribution in [-0.2, 0) is 11.3 Å². The fourth-order valence-corrected chi connectivity index (χ4v) is 3.05. The summed E-state index contributed by atoms with van der Waals surface area (Å²) in [6.07, 6.45) is 4.05. The number of carbonyl (C=O) groups is 1. The van der Waals surface area contributed by atoms with Gasteiger partial charge in [-0.3, -0.25) is 4.79 Å². The molecule has 0 atom stereocenters. The van der Waals surface area contributed by atoms with Gasteiger partial charge in [-0.2, -0.15) is 4.80 Å². The molecule has 23 heavy (non-hydrogen) atoms.